The van der Waals surface area contributed by atoms with Gasteiger partial charge in [-0.05, 0) is 13.8 Å². The first-order valence-electron chi connectivity index (χ1n) is 5.15. The molecule has 0 aliphatic carbocycles. The van der Waals surface area contributed by atoms with Gasteiger partial charge in [0, 0.05) is 19.2 Å². The van der Waals surface area contributed by atoms with Gasteiger partial charge in [0.05, 0.1) is 5.75 Å². The molecular weight excluding hydrogens is 246 g/mol. The predicted molar refractivity (Wildman–Crippen MR) is 63.9 cm³/mol. The fraction of sp³-hybridized carbons (Fsp3) is 0.700. The Kier molecular flexibility index (Phi) is 6.36. The molecule has 0 heterocycles. The lowest BCUT2D eigenvalue weighted by Crippen LogP contribution is -2.37. The molecule has 0 saturated carbocycles. The molecule has 100 valence electrons. The van der Waals surface area contributed by atoms with Gasteiger partial charge in [0.25, 0.3) is 0 Å². The molecule has 7 heteroatoms. The molecule has 0 aromatic rings. The number of ether oxygens (including phenoxy) is 1. The Labute approximate surface area is 102 Å². The summed E-state index contributed by atoms with van der Waals surface area (Å²) in [5.74, 6) is -0.646. The number of rotatable bonds is 7. The average Bonchev–Trinajstić information content (AvgIpc) is 2.25. The molecule has 1 unspecified atom stereocenters. The zero-order chi connectivity index (χ0) is 13.6. The van der Waals surface area contributed by atoms with Crippen LogP contribution in [0.15, 0.2) is 12.2 Å². The Morgan fingerprint density at radius 3 is 2.47 bits per heavy atom. The fourth-order valence-electron chi connectivity index (χ4n) is 0.979. The van der Waals surface area contributed by atoms with Crippen LogP contribution in [0.5, 0.6) is 0 Å². The number of aliphatic hydroxyl groups is 1. The van der Waals surface area contributed by atoms with Gasteiger partial charge in [0.2, 0.25) is 10.0 Å². The molecule has 0 aromatic carbocycles. The third-order valence-electron chi connectivity index (χ3n) is 2.06. The maximum atomic E-state index is 11.4. The molecule has 0 amide bonds. The van der Waals surface area contributed by atoms with Gasteiger partial charge in [-0.15, -0.1) is 0 Å². The van der Waals surface area contributed by atoms with E-state index in [4.69, 9.17) is 4.74 Å². The summed E-state index contributed by atoms with van der Waals surface area (Å²) in [5, 5.41) is 9.50. The Balaban J connectivity index is 4.16. The monoisotopic (exact) mass is 265 g/mol. The third kappa shape index (κ3) is 5.81. The summed E-state index contributed by atoms with van der Waals surface area (Å²) in [4.78, 5) is 11.0. The lowest BCUT2D eigenvalue weighted by atomic mass is 10.3. The van der Waals surface area contributed by atoms with E-state index in [0.29, 0.717) is 0 Å². The molecule has 0 spiro atoms. The summed E-state index contributed by atoms with van der Waals surface area (Å²) in [5.41, 5.74) is 0.228. The van der Waals surface area contributed by atoms with Gasteiger partial charge < -0.3 is 9.84 Å². The zero-order valence-electron chi connectivity index (χ0n) is 10.3. The molecule has 0 radical (unpaired) electrons. The van der Waals surface area contributed by atoms with Crippen LogP contribution in [0.25, 0.3) is 0 Å². The second kappa shape index (κ2) is 6.73. The largest absolute Gasteiger partial charge is 0.460 e. The molecule has 1 atom stereocenters. The molecule has 0 aromatic heterocycles. The number of hydrogen-bond donors (Lipinski definition) is 1. The van der Waals surface area contributed by atoms with E-state index in [0.717, 1.165) is 4.31 Å². The minimum Gasteiger partial charge on any atom is -0.460 e. The molecule has 0 rings (SSSR count). The van der Waals surface area contributed by atoms with Crippen LogP contribution >= 0.6 is 0 Å². The number of nitrogens with zero attached hydrogens (tertiary/aromatic N) is 1. The first-order valence-corrected chi connectivity index (χ1v) is 6.76. The van der Waals surface area contributed by atoms with Crippen LogP contribution in [0.3, 0.4) is 0 Å². The highest BCUT2D eigenvalue weighted by molar-refractivity contribution is 7.89. The molecule has 0 bridgehead atoms. The molecule has 0 aliphatic heterocycles. The first kappa shape index (κ1) is 16.1. The lowest BCUT2D eigenvalue weighted by Gasteiger charge is -2.19. The van der Waals surface area contributed by atoms with E-state index in [1.54, 1.807) is 0 Å². The maximum absolute atomic E-state index is 11.4. The van der Waals surface area contributed by atoms with Crippen LogP contribution in [0, 0.1) is 0 Å². The van der Waals surface area contributed by atoms with Crippen molar-refractivity contribution in [3.63, 3.8) is 0 Å². The second-order valence-electron chi connectivity index (χ2n) is 3.71. The van der Waals surface area contributed by atoms with Gasteiger partial charge in [-0.25, -0.2) is 17.5 Å². The van der Waals surface area contributed by atoms with Crippen LogP contribution in [-0.2, 0) is 19.6 Å². The lowest BCUT2D eigenvalue weighted by molar-refractivity contribution is -0.141. The summed E-state index contributed by atoms with van der Waals surface area (Å²) in [6, 6.07) is 0. The van der Waals surface area contributed by atoms with Crippen LogP contribution in [0.4, 0.5) is 0 Å². The highest BCUT2D eigenvalue weighted by Crippen LogP contribution is 2.01. The summed E-state index contributed by atoms with van der Waals surface area (Å²) < 4.78 is 28.5. The number of carbonyl (C=O) groups excluding carboxylic acids is 1. The van der Waals surface area contributed by atoms with Crippen molar-refractivity contribution in [3.05, 3.63) is 12.2 Å². The number of aliphatic hydroxyl groups excluding tert-OH is 1. The summed E-state index contributed by atoms with van der Waals surface area (Å²) in [6.45, 7) is 6.02. The van der Waals surface area contributed by atoms with E-state index in [-0.39, 0.29) is 24.5 Å². The molecule has 1 N–H and O–H groups in total. The molecule has 6 nitrogen and oxygen atoms in total. The summed E-state index contributed by atoms with van der Waals surface area (Å²) in [6.07, 6.45) is -1.05. The minimum atomic E-state index is -3.33. The smallest absolute Gasteiger partial charge is 0.333 e. The molecule has 0 fully saturated rings. The van der Waals surface area contributed by atoms with Crippen LogP contribution in [0.1, 0.15) is 13.8 Å². The quantitative estimate of drug-likeness (QED) is 0.507. The highest BCUT2D eigenvalue weighted by Gasteiger charge is 2.19. The topological polar surface area (TPSA) is 83.9 Å². The van der Waals surface area contributed by atoms with Gasteiger partial charge in [0.1, 0.15) is 12.7 Å². The normalized spacial score (nSPS) is 13.5. The van der Waals surface area contributed by atoms with Crippen LogP contribution in [-0.4, -0.2) is 55.9 Å². The Morgan fingerprint density at radius 1 is 1.53 bits per heavy atom. The van der Waals surface area contributed by atoms with E-state index in [1.165, 1.54) is 20.9 Å². The molecule has 0 aliphatic rings. The zero-order valence-corrected chi connectivity index (χ0v) is 11.2. The van der Waals surface area contributed by atoms with Crippen molar-refractivity contribution in [2.75, 3.05) is 26.0 Å². The SMILES string of the molecule is C=C(C)C(=O)OCC(O)CN(C)S(=O)(=O)CC. The molecule has 17 heavy (non-hydrogen) atoms. The van der Waals surface area contributed by atoms with Crippen LogP contribution < -0.4 is 0 Å². The second-order valence-corrected chi connectivity index (χ2v) is 6.08. The van der Waals surface area contributed by atoms with E-state index in [9.17, 15) is 18.3 Å². The molecule has 0 saturated heterocycles. The van der Waals surface area contributed by atoms with Gasteiger partial charge in [-0.3, -0.25) is 0 Å². The summed E-state index contributed by atoms with van der Waals surface area (Å²) in [7, 11) is -1.97. The Hall–Kier alpha value is -0.920. The minimum absolute atomic E-state index is 0.0399. The van der Waals surface area contributed by atoms with E-state index in [2.05, 4.69) is 6.58 Å². The van der Waals surface area contributed by atoms with Gasteiger partial charge in [-0.1, -0.05) is 6.58 Å². The number of esters is 1. The number of hydrogen-bond acceptors (Lipinski definition) is 5. The van der Waals surface area contributed by atoms with Crippen molar-refractivity contribution in [1.82, 2.24) is 4.31 Å². The fourth-order valence-corrected chi connectivity index (χ4v) is 1.82. The van der Waals surface area contributed by atoms with Gasteiger partial charge >= 0.3 is 5.97 Å². The number of likely N-dealkylation sites (N-methyl/N-ethyl adjacent to an activating group) is 1. The van der Waals surface area contributed by atoms with E-state index >= 15 is 0 Å². The Bertz CT molecular complexity index is 376. The number of carbonyl (C=O) groups is 1. The van der Waals surface area contributed by atoms with Crippen molar-refractivity contribution in [1.29, 1.82) is 0 Å². The van der Waals surface area contributed by atoms with Crippen molar-refractivity contribution >= 4 is 16.0 Å². The number of sulfonamides is 1. The van der Waals surface area contributed by atoms with Crippen LogP contribution in [0.2, 0.25) is 0 Å². The van der Waals surface area contributed by atoms with E-state index in [1.807, 2.05) is 0 Å². The van der Waals surface area contributed by atoms with Crippen molar-refractivity contribution < 1.29 is 23.1 Å². The van der Waals surface area contributed by atoms with Crippen molar-refractivity contribution in [3.8, 4) is 0 Å². The predicted octanol–water partition coefficient (Wildman–Crippen LogP) is -0.252. The Morgan fingerprint density at radius 2 is 2.06 bits per heavy atom. The summed E-state index contributed by atoms with van der Waals surface area (Å²) >= 11 is 0. The maximum Gasteiger partial charge on any atom is 0.333 e. The van der Waals surface area contributed by atoms with Crippen molar-refractivity contribution in [2.24, 2.45) is 0 Å². The third-order valence-corrected chi connectivity index (χ3v) is 3.89. The highest BCUT2D eigenvalue weighted by atomic mass is 32.2. The van der Waals surface area contributed by atoms with Gasteiger partial charge in [0.15, 0.2) is 0 Å². The standard InChI is InChI=1S/C10H19NO5S/c1-5-17(14,15)11(4)6-9(12)7-16-10(13)8(2)3/h9,12H,2,5-7H2,1,3-4H3. The van der Waals surface area contributed by atoms with Gasteiger partial charge in [-0.2, -0.15) is 0 Å². The average molecular weight is 265 g/mol. The first-order chi connectivity index (χ1) is 7.70. The van der Waals surface area contributed by atoms with E-state index < -0.39 is 22.1 Å². The van der Waals surface area contributed by atoms with Crippen molar-refractivity contribution in [2.45, 2.75) is 20.0 Å². The molecular formula is C10H19NO5S.